The van der Waals surface area contributed by atoms with Gasteiger partial charge in [-0.05, 0) is 42.8 Å². The zero-order chi connectivity index (χ0) is 16.7. The van der Waals surface area contributed by atoms with E-state index in [-0.39, 0.29) is 0 Å². The number of carboxylic acids is 1. The lowest BCUT2D eigenvalue weighted by molar-refractivity contribution is -0.129. The van der Waals surface area contributed by atoms with Gasteiger partial charge in [-0.2, -0.15) is 0 Å². The van der Waals surface area contributed by atoms with Crippen LogP contribution in [0.5, 0.6) is 0 Å². The Kier molecular flexibility index (Phi) is 6.72. The molecule has 0 saturated carbocycles. The number of aliphatic carboxylic acids is 1. The van der Waals surface area contributed by atoms with Gasteiger partial charge in [0, 0.05) is 21.9 Å². The van der Waals surface area contributed by atoms with Crippen molar-refractivity contribution in [2.45, 2.75) is 20.8 Å². The first-order chi connectivity index (χ1) is 10.5. The van der Waals surface area contributed by atoms with Crippen molar-refractivity contribution in [2.24, 2.45) is 0 Å². The van der Waals surface area contributed by atoms with Crippen LogP contribution in [0.15, 0.2) is 41.0 Å². The minimum atomic E-state index is -1.27. The van der Waals surface area contributed by atoms with E-state index in [2.05, 4.69) is 26.2 Å². The lowest BCUT2D eigenvalue weighted by Gasteiger charge is -2.11. The van der Waals surface area contributed by atoms with Gasteiger partial charge in [0.15, 0.2) is 0 Å². The zero-order valence-electron chi connectivity index (χ0n) is 12.6. The molecule has 2 aromatic rings. The molecule has 0 bridgehead atoms. The van der Waals surface area contributed by atoms with Crippen LogP contribution in [0.2, 0.25) is 0 Å². The van der Waals surface area contributed by atoms with E-state index in [1.807, 2.05) is 32.9 Å². The summed E-state index contributed by atoms with van der Waals surface area (Å²) in [7, 11) is 0. The summed E-state index contributed by atoms with van der Waals surface area (Å²) in [6.07, 6.45) is 1.67. The van der Waals surface area contributed by atoms with Gasteiger partial charge in [-0.1, -0.05) is 29.8 Å². The first kappa shape index (κ1) is 17.8. The molecular formula is C16H18BrN3O2. The maximum Gasteiger partial charge on any atom is 0.354 e. The van der Waals surface area contributed by atoms with Crippen molar-refractivity contribution < 1.29 is 9.90 Å². The number of aryl methyl sites for hydroxylation is 1. The van der Waals surface area contributed by atoms with E-state index in [9.17, 15) is 4.79 Å². The standard InChI is InChI=1S/C14H12BrN3O2.C2H6/c1-8-4-5-17-12(6-8)18-11-3-2-9(15)7-10(11)13(16)14(19)20;1-2/h2-7,16H,1H3,(H,17,18)(H,19,20);1-2H3. The van der Waals surface area contributed by atoms with Gasteiger partial charge in [-0.15, -0.1) is 0 Å². The molecule has 3 N–H and O–H groups in total. The number of hydrogen-bond acceptors (Lipinski definition) is 4. The molecule has 2 rings (SSSR count). The van der Waals surface area contributed by atoms with Crippen LogP contribution in [-0.4, -0.2) is 21.8 Å². The van der Waals surface area contributed by atoms with Crippen molar-refractivity contribution in [3.63, 3.8) is 0 Å². The fourth-order valence-corrected chi connectivity index (χ4v) is 2.05. The zero-order valence-corrected chi connectivity index (χ0v) is 14.2. The number of nitrogens with one attached hydrogen (secondary N) is 2. The molecule has 0 unspecified atom stereocenters. The highest BCUT2D eigenvalue weighted by molar-refractivity contribution is 9.10. The van der Waals surface area contributed by atoms with E-state index >= 15 is 0 Å². The lowest BCUT2D eigenvalue weighted by Crippen LogP contribution is -2.14. The van der Waals surface area contributed by atoms with E-state index in [1.165, 1.54) is 0 Å². The van der Waals surface area contributed by atoms with E-state index in [0.29, 0.717) is 21.5 Å². The summed E-state index contributed by atoms with van der Waals surface area (Å²) in [5.41, 5.74) is 1.39. The normalized spacial score (nSPS) is 9.45. The van der Waals surface area contributed by atoms with Gasteiger partial charge in [0.1, 0.15) is 11.5 Å². The summed E-state index contributed by atoms with van der Waals surface area (Å²) >= 11 is 3.28. The fraction of sp³-hybridized carbons (Fsp3) is 0.188. The first-order valence-electron chi connectivity index (χ1n) is 6.79. The fourth-order valence-electron chi connectivity index (χ4n) is 1.69. The smallest absolute Gasteiger partial charge is 0.354 e. The van der Waals surface area contributed by atoms with Crippen LogP contribution in [-0.2, 0) is 4.79 Å². The van der Waals surface area contributed by atoms with Crippen LogP contribution in [0.3, 0.4) is 0 Å². The second kappa shape index (κ2) is 8.29. The van der Waals surface area contributed by atoms with Crippen LogP contribution in [0, 0.1) is 12.3 Å². The second-order valence-corrected chi connectivity index (χ2v) is 5.13. The van der Waals surface area contributed by atoms with Crippen LogP contribution in [0.25, 0.3) is 0 Å². The summed E-state index contributed by atoms with van der Waals surface area (Å²) in [6, 6.07) is 8.79. The third-order valence-corrected chi connectivity index (χ3v) is 3.14. The maximum atomic E-state index is 11.0. The molecule has 0 saturated heterocycles. The number of pyridine rings is 1. The first-order valence-corrected chi connectivity index (χ1v) is 7.58. The summed E-state index contributed by atoms with van der Waals surface area (Å²) in [4.78, 5) is 15.1. The highest BCUT2D eigenvalue weighted by atomic mass is 79.9. The highest BCUT2D eigenvalue weighted by Crippen LogP contribution is 2.24. The van der Waals surface area contributed by atoms with Gasteiger partial charge in [-0.3, -0.25) is 5.41 Å². The van der Waals surface area contributed by atoms with Gasteiger partial charge in [-0.25, -0.2) is 9.78 Å². The Labute approximate surface area is 138 Å². The highest BCUT2D eigenvalue weighted by Gasteiger charge is 2.15. The van der Waals surface area contributed by atoms with Crippen LogP contribution in [0.1, 0.15) is 25.0 Å². The molecule has 1 heterocycles. The van der Waals surface area contributed by atoms with E-state index in [4.69, 9.17) is 10.5 Å². The summed E-state index contributed by atoms with van der Waals surface area (Å²) in [5, 5.41) is 19.7. The number of benzene rings is 1. The molecule has 0 aliphatic rings. The molecule has 22 heavy (non-hydrogen) atoms. The van der Waals surface area contributed by atoms with Crippen molar-refractivity contribution in [1.82, 2.24) is 4.98 Å². The van der Waals surface area contributed by atoms with Crippen molar-refractivity contribution in [3.8, 4) is 0 Å². The Morgan fingerprint density at radius 1 is 1.27 bits per heavy atom. The molecule has 5 nitrogen and oxygen atoms in total. The number of anilines is 2. The van der Waals surface area contributed by atoms with E-state index in [1.54, 1.807) is 24.4 Å². The Hall–Kier alpha value is -2.21. The molecule has 116 valence electrons. The third-order valence-electron chi connectivity index (χ3n) is 2.64. The van der Waals surface area contributed by atoms with Crippen molar-refractivity contribution in [3.05, 3.63) is 52.1 Å². The summed E-state index contributed by atoms with van der Waals surface area (Å²) in [6.45, 7) is 5.94. The quantitative estimate of drug-likeness (QED) is 0.703. The number of rotatable bonds is 4. The topological polar surface area (TPSA) is 86.1 Å². The largest absolute Gasteiger partial charge is 0.477 e. The Morgan fingerprint density at radius 2 is 1.95 bits per heavy atom. The Morgan fingerprint density at radius 3 is 2.55 bits per heavy atom. The van der Waals surface area contributed by atoms with Crippen LogP contribution in [0.4, 0.5) is 11.5 Å². The van der Waals surface area contributed by atoms with E-state index in [0.717, 1.165) is 5.56 Å². The maximum absolute atomic E-state index is 11.0. The number of hydrogen-bond donors (Lipinski definition) is 3. The van der Waals surface area contributed by atoms with Gasteiger partial charge >= 0.3 is 5.97 Å². The minimum Gasteiger partial charge on any atom is -0.477 e. The Bertz CT molecular complexity index is 687. The molecule has 6 heteroatoms. The van der Waals surface area contributed by atoms with Crippen LogP contribution >= 0.6 is 15.9 Å². The molecule has 0 aliphatic heterocycles. The van der Waals surface area contributed by atoms with Gasteiger partial charge < -0.3 is 10.4 Å². The molecule has 0 spiro atoms. The number of carboxylic acid groups (broad SMARTS) is 1. The predicted octanol–water partition coefficient (Wildman–Crippen LogP) is 4.37. The monoisotopic (exact) mass is 363 g/mol. The second-order valence-electron chi connectivity index (χ2n) is 4.21. The molecule has 1 aromatic carbocycles. The van der Waals surface area contributed by atoms with Gasteiger partial charge in [0.2, 0.25) is 0 Å². The average Bonchev–Trinajstić information content (AvgIpc) is 2.50. The molecule has 0 fully saturated rings. The lowest BCUT2D eigenvalue weighted by atomic mass is 10.1. The van der Waals surface area contributed by atoms with Crippen molar-refractivity contribution in [2.75, 3.05) is 5.32 Å². The van der Waals surface area contributed by atoms with Gasteiger partial charge in [0.05, 0.1) is 0 Å². The average molecular weight is 364 g/mol. The summed E-state index contributed by atoms with van der Waals surface area (Å²) in [5.74, 6) is -0.671. The molecular weight excluding hydrogens is 346 g/mol. The van der Waals surface area contributed by atoms with Crippen molar-refractivity contribution in [1.29, 1.82) is 5.41 Å². The van der Waals surface area contributed by atoms with Crippen LogP contribution < -0.4 is 5.32 Å². The summed E-state index contributed by atoms with van der Waals surface area (Å²) < 4.78 is 0.709. The third kappa shape index (κ3) is 4.66. The number of nitrogens with zero attached hydrogens (tertiary/aromatic N) is 1. The van der Waals surface area contributed by atoms with E-state index < -0.39 is 11.7 Å². The number of carbonyl (C=O) groups is 1. The predicted molar refractivity (Wildman–Crippen MR) is 92.2 cm³/mol. The Balaban J connectivity index is 0.00000116. The SMILES string of the molecule is CC.Cc1ccnc(Nc2ccc(Br)cc2C(=N)C(=O)O)c1. The molecule has 0 amide bonds. The molecule has 0 atom stereocenters. The van der Waals surface area contributed by atoms with Gasteiger partial charge in [0.25, 0.3) is 0 Å². The van der Waals surface area contributed by atoms with Crippen molar-refractivity contribution >= 4 is 39.1 Å². The minimum absolute atomic E-state index is 0.301. The molecule has 0 aliphatic carbocycles. The number of aromatic nitrogens is 1. The molecule has 0 radical (unpaired) electrons. The number of halogens is 1. The molecule has 1 aromatic heterocycles.